The number of nitrogens with one attached hydrogen (secondary N) is 1. The van der Waals surface area contributed by atoms with Gasteiger partial charge in [-0.2, -0.15) is 10.4 Å². The van der Waals surface area contributed by atoms with Crippen LogP contribution in [0.25, 0.3) is 0 Å². The Balaban J connectivity index is 2.27. The average molecular weight is 352 g/mol. The summed E-state index contributed by atoms with van der Waals surface area (Å²) in [6.45, 7) is 0. The third kappa shape index (κ3) is 2.51. The number of nitrogens with zero attached hydrogens (tertiary/aromatic N) is 3. The molecule has 2 aromatic rings. The maximum absolute atomic E-state index is 12.0. The normalized spacial score (nSPS) is 9.83. The quantitative estimate of drug-likeness (QED) is 0.842. The third-order valence-electron chi connectivity index (χ3n) is 2.30. The van der Waals surface area contributed by atoms with Gasteiger partial charge < -0.3 is 5.32 Å². The highest BCUT2D eigenvalue weighted by Gasteiger charge is 2.14. The minimum atomic E-state index is -0.268. The second-order valence-electron chi connectivity index (χ2n) is 3.61. The van der Waals surface area contributed by atoms with Crippen molar-refractivity contribution < 1.29 is 4.79 Å². The van der Waals surface area contributed by atoms with Gasteiger partial charge in [0.05, 0.1) is 5.56 Å². The molecule has 1 heterocycles. The number of amides is 1. The Bertz CT molecular complexity index is 642. The number of aromatic nitrogens is 2. The summed E-state index contributed by atoms with van der Waals surface area (Å²) < 4.78 is 2.34. The van der Waals surface area contributed by atoms with Crippen molar-refractivity contribution in [2.24, 2.45) is 7.05 Å². The van der Waals surface area contributed by atoms with E-state index in [9.17, 15) is 4.79 Å². The number of hydrogen-bond acceptors (Lipinski definition) is 3. The molecule has 0 aliphatic heterocycles. The fourth-order valence-electron chi connectivity index (χ4n) is 1.48. The van der Waals surface area contributed by atoms with Crippen molar-refractivity contribution in [2.75, 3.05) is 5.32 Å². The van der Waals surface area contributed by atoms with Gasteiger partial charge in [-0.25, -0.2) is 0 Å². The van der Waals surface area contributed by atoms with Gasteiger partial charge in [-0.15, -0.1) is 0 Å². The van der Waals surface area contributed by atoms with Gasteiger partial charge in [0.25, 0.3) is 5.91 Å². The number of carbonyl (C=O) groups is 1. The number of nitriles is 1. The number of hydrogen-bond donors (Lipinski definition) is 1. The molecular weight excluding hydrogens is 343 g/mol. The molecule has 1 aromatic heterocycles. The first kappa shape index (κ1) is 12.6. The monoisotopic (exact) mass is 352 g/mol. The molecule has 0 aliphatic rings. The fourth-order valence-corrected chi connectivity index (χ4v) is 2.12. The lowest BCUT2D eigenvalue weighted by Crippen LogP contribution is -2.14. The number of carbonyl (C=O) groups excluding carboxylic acids is 1. The Morgan fingerprint density at radius 3 is 2.89 bits per heavy atom. The maximum Gasteiger partial charge on any atom is 0.257 e. The van der Waals surface area contributed by atoms with Gasteiger partial charge in [0.2, 0.25) is 0 Å². The van der Waals surface area contributed by atoms with Crippen LogP contribution in [0, 0.1) is 14.9 Å². The van der Waals surface area contributed by atoms with Gasteiger partial charge in [-0.1, -0.05) is 12.1 Å². The summed E-state index contributed by atoms with van der Waals surface area (Å²) in [5.74, 6) is 0.0138. The number of aryl methyl sites for hydroxylation is 1. The minimum Gasteiger partial charge on any atom is -0.304 e. The van der Waals surface area contributed by atoms with Crippen LogP contribution < -0.4 is 5.32 Å². The smallest absolute Gasteiger partial charge is 0.257 e. The number of benzene rings is 1. The van der Waals surface area contributed by atoms with E-state index in [1.807, 2.05) is 18.2 Å². The molecule has 0 aliphatic carbocycles. The molecule has 1 amide bonds. The zero-order valence-electron chi connectivity index (χ0n) is 9.51. The summed E-state index contributed by atoms with van der Waals surface area (Å²) in [5, 5.41) is 15.6. The van der Waals surface area contributed by atoms with Gasteiger partial charge in [-0.3, -0.25) is 9.48 Å². The fraction of sp³-hybridized carbons (Fsp3) is 0.0833. The molecule has 0 spiro atoms. The second-order valence-corrected chi connectivity index (χ2v) is 4.77. The molecule has 0 saturated carbocycles. The van der Waals surface area contributed by atoms with E-state index in [-0.39, 0.29) is 11.7 Å². The van der Waals surface area contributed by atoms with E-state index in [0.717, 1.165) is 3.57 Å². The van der Waals surface area contributed by atoms with E-state index >= 15 is 0 Å². The molecule has 2 rings (SSSR count). The highest BCUT2D eigenvalue weighted by molar-refractivity contribution is 14.1. The van der Waals surface area contributed by atoms with E-state index in [1.165, 1.54) is 4.68 Å². The second kappa shape index (κ2) is 5.18. The molecule has 90 valence electrons. The Hall–Kier alpha value is -1.88. The number of anilines is 1. The highest BCUT2D eigenvalue weighted by Crippen LogP contribution is 2.16. The van der Waals surface area contributed by atoms with Crippen LogP contribution in [-0.4, -0.2) is 15.7 Å². The van der Waals surface area contributed by atoms with Crippen LogP contribution in [0.15, 0.2) is 30.5 Å². The van der Waals surface area contributed by atoms with E-state index in [2.05, 4.69) is 33.0 Å². The van der Waals surface area contributed by atoms with Crippen LogP contribution in [0.3, 0.4) is 0 Å². The minimum absolute atomic E-state index is 0.268. The van der Waals surface area contributed by atoms with Crippen LogP contribution in [-0.2, 0) is 7.05 Å². The molecule has 5 nitrogen and oxygen atoms in total. The van der Waals surface area contributed by atoms with Crippen molar-refractivity contribution in [3.63, 3.8) is 0 Å². The van der Waals surface area contributed by atoms with Crippen LogP contribution in [0.5, 0.6) is 0 Å². The summed E-state index contributed by atoms with van der Waals surface area (Å²) >= 11 is 2.09. The zero-order chi connectivity index (χ0) is 13.1. The molecule has 1 N–H and O–H groups in total. The van der Waals surface area contributed by atoms with Gasteiger partial charge >= 0.3 is 0 Å². The average Bonchev–Trinajstić information content (AvgIpc) is 2.70. The summed E-state index contributed by atoms with van der Waals surface area (Å²) in [5.41, 5.74) is 0.907. The zero-order valence-corrected chi connectivity index (χ0v) is 11.7. The van der Waals surface area contributed by atoms with Crippen LogP contribution in [0.2, 0.25) is 0 Å². The maximum atomic E-state index is 12.0. The van der Waals surface area contributed by atoms with E-state index in [1.54, 1.807) is 25.4 Å². The molecule has 18 heavy (non-hydrogen) atoms. The van der Waals surface area contributed by atoms with E-state index < -0.39 is 0 Å². The first-order chi connectivity index (χ1) is 8.61. The third-order valence-corrected chi connectivity index (χ3v) is 3.24. The predicted molar refractivity (Wildman–Crippen MR) is 75.0 cm³/mol. The van der Waals surface area contributed by atoms with Crippen molar-refractivity contribution in [1.82, 2.24) is 9.78 Å². The highest BCUT2D eigenvalue weighted by atomic mass is 127. The SMILES string of the molecule is Cn1cc(C#N)c(NC(=O)c2ccccc2I)n1. The first-order valence-corrected chi connectivity index (χ1v) is 6.19. The Labute approximate surface area is 118 Å². The summed E-state index contributed by atoms with van der Waals surface area (Å²) in [7, 11) is 1.70. The molecule has 0 bridgehead atoms. The summed E-state index contributed by atoms with van der Waals surface area (Å²) in [6.07, 6.45) is 1.56. The van der Waals surface area contributed by atoms with Crippen LogP contribution in [0.4, 0.5) is 5.82 Å². The van der Waals surface area contributed by atoms with Crippen molar-refractivity contribution in [2.45, 2.75) is 0 Å². The van der Waals surface area contributed by atoms with Gasteiger partial charge in [0.1, 0.15) is 11.6 Å². The van der Waals surface area contributed by atoms with Crippen LogP contribution in [0.1, 0.15) is 15.9 Å². The molecular formula is C12H9IN4O. The standard InChI is InChI=1S/C12H9IN4O/c1-17-7-8(6-14)11(16-17)15-12(18)9-4-2-3-5-10(9)13/h2-5,7H,1H3,(H,15,16,18). The molecule has 0 radical (unpaired) electrons. The molecule has 0 fully saturated rings. The van der Waals surface area contributed by atoms with Crippen molar-refractivity contribution >= 4 is 34.3 Å². The van der Waals surface area contributed by atoms with Gasteiger partial charge in [0, 0.05) is 16.8 Å². The van der Waals surface area contributed by atoms with Crippen molar-refractivity contribution in [3.05, 3.63) is 45.2 Å². The van der Waals surface area contributed by atoms with Gasteiger partial charge in [0.15, 0.2) is 5.82 Å². The van der Waals surface area contributed by atoms with Crippen molar-refractivity contribution in [1.29, 1.82) is 5.26 Å². The molecule has 6 heteroatoms. The molecule has 1 aromatic carbocycles. The first-order valence-electron chi connectivity index (χ1n) is 5.11. The lowest BCUT2D eigenvalue weighted by atomic mass is 10.2. The summed E-state index contributed by atoms with van der Waals surface area (Å²) in [4.78, 5) is 12.0. The summed E-state index contributed by atoms with van der Waals surface area (Å²) in [6, 6.07) is 9.22. The lowest BCUT2D eigenvalue weighted by molar-refractivity contribution is 0.102. The molecule has 0 saturated heterocycles. The van der Waals surface area contributed by atoms with E-state index in [0.29, 0.717) is 11.1 Å². The van der Waals surface area contributed by atoms with Crippen molar-refractivity contribution in [3.8, 4) is 6.07 Å². The van der Waals surface area contributed by atoms with Gasteiger partial charge in [-0.05, 0) is 34.7 Å². The largest absolute Gasteiger partial charge is 0.304 e. The Morgan fingerprint density at radius 2 is 2.22 bits per heavy atom. The number of halogens is 1. The topological polar surface area (TPSA) is 70.7 Å². The lowest BCUT2D eigenvalue weighted by Gasteiger charge is -2.04. The molecule has 0 unspecified atom stereocenters. The number of rotatable bonds is 2. The molecule has 0 atom stereocenters. The Morgan fingerprint density at radius 1 is 1.50 bits per heavy atom. The predicted octanol–water partition coefficient (Wildman–Crippen LogP) is 2.15. The Kier molecular flexibility index (Phi) is 3.62. The van der Waals surface area contributed by atoms with E-state index in [4.69, 9.17) is 5.26 Å². The van der Waals surface area contributed by atoms with Crippen LogP contribution >= 0.6 is 22.6 Å².